The van der Waals surface area contributed by atoms with E-state index in [1.807, 2.05) is 77.7 Å². The van der Waals surface area contributed by atoms with Gasteiger partial charge >= 0.3 is 29.6 Å². The Balaban J connectivity index is 0.000000281. The predicted molar refractivity (Wildman–Crippen MR) is 431 cm³/mol. The molecule has 0 saturated carbocycles. The molecule has 26 heteroatoms. The monoisotopic (exact) mass is 1460 g/mol. The maximum atomic E-state index is 13.1. The molecule has 0 aromatic heterocycles. The van der Waals surface area contributed by atoms with Crippen LogP contribution in [0.5, 0.6) is 0 Å². The number of rotatable bonds is 30. The summed E-state index contributed by atoms with van der Waals surface area (Å²) in [6, 6.07) is 99.4. The van der Waals surface area contributed by atoms with E-state index in [0.29, 0.717) is 43.6 Å². The number of nitrogens with zero attached hydrogens (tertiary/aromatic N) is 10. The molecule has 2 amide bonds. The van der Waals surface area contributed by atoms with Crippen molar-refractivity contribution in [3.8, 4) is 0 Å². The maximum Gasteiger partial charge on any atom is 1.00 e. The number of aliphatic carboxylic acids is 1. The van der Waals surface area contributed by atoms with Crippen molar-refractivity contribution in [2.24, 2.45) is 21.3 Å². The van der Waals surface area contributed by atoms with E-state index in [9.17, 15) is 29.1 Å². The van der Waals surface area contributed by atoms with Crippen LogP contribution < -0.4 is 93.0 Å². The van der Waals surface area contributed by atoms with Gasteiger partial charge in [0, 0.05) is 114 Å². The van der Waals surface area contributed by atoms with Crippen LogP contribution in [0.3, 0.4) is 0 Å². The summed E-state index contributed by atoms with van der Waals surface area (Å²) < 4.78 is 0. The Morgan fingerprint density at radius 1 is 0.457 bits per heavy atom. The van der Waals surface area contributed by atoms with Gasteiger partial charge in [0.15, 0.2) is 18.6 Å². The zero-order chi connectivity index (χ0) is 70.8. The molecule has 11 rings (SSSR count). The number of amides is 2. The average Bonchev–Trinajstić information content (AvgIpc) is 1.78. The van der Waals surface area contributed by atoms with Gasteiger partial charge in [-0.2, -0.15) is 0 Å². The number of carbonyl (C=O) groups is 5. The van der Waals surface area contributed by atoms with Crippen LogP contribution in [-0.2, 0) is 14.4 Å². The molecule has 10 aromatic rings. The molecule has 1 aliphatic rings. The third kappa shape index (κ3) is 26.4. The third-order valence-corrected chi connectivity index (χ3v) is 26.7. The molecule has 1 N–H and O–H groups in total. The van der Waals surface area contributed by atoms with Crippen molar-refractivity contribution in [3.63, 3.8) is 0 Å². The average molecular weight is 1460 g/mol. The van der Waals surface area contributed by atoms with E-state index in [-0.39, 0.29) is 123 Å². The first-order valence-electron chi connectivity index (χ1n) is 33.0. The number of ketones is 2. The van der Waals surface area contributed by atoms with Gasteiger partial charge in [-0.05, 0) is 118 Å². The number of benzene rings is 10. The summed E-state index contributed by atoms with van der Waals surface area (Å²) in [5.74, 6) is -2.66. The molecular weight excluding hydrogens is 1390 g/mol. The summed E-state index contributed by atoms with van der Waals surface area (Å²) in [7, 11) is -2.95. The summed E-state index contributed by atoms with van der Waals surface area (Å²) in [5, 5.41) is 36.4. The van der Waals surface area contributed by atoms with Crippen molar-refractivity contribution in [3.05, 3.63) is 334 Å². The Bertz CT molecular complexity index is 4270. The van der Waals surface area contributed by atoms with E-state index in [4.69, 9.17) is 16.6 Å². The van der Waals surface area contributed by atoms with Gasteiger partial charge in [0.2, 0.25) is 11.8 Å². The SMILES string of the molecule is [B].[B].[B].[N-]=[N+]=NCC(=O)N1C[C@H]([B]P(c2ccccc2)c2ccccc2)[C@@H](P(c2ccccc2)c2ccccc2)C1.[N-]=[N+]=NCCCC(=O)c1ccc(P(c2ccccc2)c2ccccc2)cc1.[N-]=[N+]=NCCNC(=O)[C@H](CCC(=O)[O-])CC(=O)c1ccc(P(c2ccccc2)c2ccccc2)cc1.[Na+]. The fraction of sp³-hybridized carbons (Fsp3) is 0.177. The van der Waals surface area contributed by atoms with Crippen molar-refractivity contribution >= 4 is 146 Å². The number of hydrogen-bond acceptors (Lipinski definition) is 9. The third-order valence-electron chi connectivity index (χ3n) is 16.5. The molecule has 514 valence electrons. The van der Waals surface area contributed by atoms with Crippen molar-refractivity contribution in [1.82, 2.24) is 10.2 Å². The molecule has 105 heavy (non-hydrogen) atoms. The Labute approximate surface area is 648 Å². The van der Waals surface area contributed by atoms with Gasteiger partial charge in [-0.1, -0.05) is 314 Å². The van der Waals surface area contributed by atoms with Crippen LogP contribution in [-0.4, -0.2) is 111 Å². The quantitative estimate of drug-likeness (QED) is 0.00878. The largest absolute Gasteiger partial charge is 1.00 e. The Morgan fingerprint density at radius 3 is 1.19 bits per heavy atom. The van der Waals surface area contributed by atoms with E-state index < -0.39 is 49.4 Å². The Hall–Kier alpha value is -9.14. The summed E-state index contributed by atoms with van der Waals surface area (Å²) in [6.07, 6.45) is 0.480. The van der Waals surface area contributed by atoms with Crippen molar-refractivity contribution < 1.29 is 58.6 Å². The first kappa shape index (κ1) is 86.5. The zero-order valence-electron chi connectivity index (χ0n) is 58.2. The molecule has 1 fully saturated rings. The first-order valence-corrected chi connectivity index (χ1v) is 38.5. The number of azide groups is 3. The fourth-order valence-electron chi connectivity index (χ4n) is 11.7. The molecular formula is C79H74B4N11NaO6P4. The number of nitrogens with one attached hydrogen (secondary N) is 1. The van der Waals surface area contributed by atoms with Crippen molar-refractivity contribution in [2.45, 2.75) is 43.6 Å². The van der Waals surface area contributed by atoms with Crippen LogP contribution in [0.25, 0.3) is 31.3 Å². The molecule has 10 radical (unpaired) electrons. The minimum Gasteiger partial charge on any atom is -0.550 e. The van der Waals surface area contributed by atoms with Crippen LogP contribution in [0.2, 0.25) is 5.82 Å². The molecule has 10 aromatic carbocycles. The van der Waals surface area contributed by atoms with Crippen molar-refractivity contribution in [2.75, 3.05) is 39.3 Å². The van der Waals surface area contributed by atoms with Gasteiger partial charge < -0.3 is 20.1 Å². The topological polar surface area (TPSA) is 270 Å². The number of Topliss-reactive ketones (excluding diaryl/α,β-unsaturated/α-hetero) is 2. The smallest absolute Gasteiger partial charge is 0.550 e. The minimum absolute atomic E-state index is 0. The van der Waals surface area contributed by atoms with E-state index >= 15 is 0 Å². The van der Waals surface area contributed by atoms with Gasteiger partial charge in [0.1, 0.15) is 6.54 Å². The molecule has 3 atom stereocenters. The summed E-state index contributed by atoms with van der Waals surface area (Å²) >= 11 is 0. The van der Waals surface area contributed by atoms with E-state index in [1.165, 1.54) is 47.7 Å². The number of carbonyl (C=O) groups excluding carboxylic acids is 5. The standard InChI is InChI=1S/C30H28BN4OP2.C27H27N4O4P.C22H20N3OP.3B.Na/c32-34-33-21-30(36)35-22-28(31-38(26-17-9-3-10-18-26)27-19-11-4-12-20-27)29(23-35)37(24-13-5-1-6-14-24)25-15-7-2-8-16-25;28-31-30-18-17-29-27(35)21(13-16-26(33)34)19-25(32)20-11-14-24(15-12-20)36(22-7-3-1-4-8-22)23-9-5-2-6-10-23;23-25-24-17-7-12-22(26)18-13-15-21(16-14-18)27(19-8-3-1-4-9-19)20-10-5-2-6-11-20;;;;/h1-20,28-29H,21-23H2;1-12,14-15,21H,13,16-19H2,(H,29,35)(H,33,34);1-6,8-11,13-16H,7,12,17H2;;;;/q;;;;;;+1/p-1/t28-,29-;21-;;;;;/m01...../s1. The normalized spacial score (nSPS) is 12.7. The molecule has 17 nitrogen and oxygen atoms in total. The van der Waals surface area contributed by atoms with E-state index in [0.717, 1.165) is 5.30 Å². The summed E-state index contributed by atoms with van der Waals surface area (Å²) in [6.45, 7) is 4.18. The molecule has 1 heterocycles. The van der Waals surface area contributed by atoms with Crippen molar-refractivity contribution in [1.29, 1.82) is 0 Å². The molecule has 1 aliphatic heterocycles. The van der Waals surface area contributed by atoms with Crippen LogP contribution >= 0.6 is 31.6 Å². The van der Waals surface area contributed by atoms with E-state index in [2.05, 4.69) is 249 Å². The van der Waals surface area contributed by atoms with Crippen LogP contribution in [0.1, 0.15) is 52.8 Å². The fourth-order valence-corrected chi connectivity index (χ4v) is 21.7. The Kier molecular flexibility index (Phi) is 39.0. The van der Waals surface area contributed by atoms with Crippen LogP contribution in [0, 0.1) is 5.92 Å². The predicted octanol–water partition coefficient (Wildman–Crippen LogP) is 8.35. The van der Waals surface area contributed by atoms with Crippen LogP contribution in [0.4, 0.5) is 0 Å². The molecule has 0 aliphatic carbocycles. The second-order valence-corrected chi connectivity index (χ2v) is 32.2. The number of hydrogen-bond donors (Lipinski definition) is 1. The second-order valence-electron chi connectivity index (χ2n) is 23.2. The Morgan fingerprint density at radius 2 is 0.810 bits per heavy atom. The maximum absolute atomic E-state index is 13.1. The van der Waals surface area contributed by atoms with Crippen LogP contribution in [0.15, 0.2) is 307 Å². The zero-order valence-corrected chi connectivity index (χ0v) is 63.8. The number of likely N-dealkylation sites (tertiary alicyclic amines) is 1. The number of carboxylic acids is 1. The molecule has 0 unspecified atom stereocenters. The second kappa shape index (κ2) is 47.3. The van der Waals surface area contributed by atoms with Gasteiger partial charge in [-0.15, -0.1) is 0 Å². The summed E-state index contributed by atoms with van der Waals surface area (Å²) in [5.41, 5.74) is 26.8. The first-order chi connectivity index (χ1) is 49.5. The van der Waals surface area contributed by atoms with Gasteiger partial charge in [0.25, 0.3) is 0 Å². The molecule has 1 saturated heterocycles. The van der Waals surface area contributed by atoms with Gasteiger partial charge in [0.05, 0.1) is 0 Å². The van der Waals surface area contributed by atoms with Gasteiger partial charge in [-0.25, -0.2) is 0 Å². The molecule has 0 spiro atoms. The van der Waals surface area contributed by atoms with Gasteiger partial charge in [-0.3, -0.25) is 19.2 Å². The minimum atomic E-state index is -1.28. The number of carboxylic acid groups (broad SMARTS) is 1. The molecule has 0 bridgehead atoms. The van der Waals surface area contributed by atoms with E-state index in [1.54, 1.807) is 12.1 Å². The summed E-state index contributed by atoms with van der Waals surface area (Å²) in [4.78, 5) is 71.9.